The molecule has 0 saturated carbocycles. The number of benzene rings is 1. The smallest absolute Gasteiger partial charge is 0.233 e. The third-order valence-electron chi connectivity index (χ3n) is 3.91. The molecule has 1 fully saturated rings. The lowest BCUT2D eigenvalue weighted by atomic mass is 10.0. The van der Waals surface area contributed by atoms with Crippen LogP contribution in [0.3, 0.4) is 0 Å². The molecule has 20 heavy (non-hydrogen) atoms. The van der Waals surface area contributed by atoms with E-state index in [1.807, 2.05) is 4.90 Å². The number of hydrogen-bond acceptors (Lipinski definition) is 3. The Balaban J connectivity index is 1.95. The molecule has 0 bridgehead atoms. The summed E-state index contributed by atoms with van der Waals surface area (Å²) in [6, 6.07) is 6.63. The topological polar surface area (TPSA) is 46.3 Å². The lowest BCUT2D eigenvalue weighted by Gasteiger charge is -2.35. The van der Waals surface area contributed by atoms with Crippen LogP contribution in [0, 0.1) is 13.8 Å². The van der Waals surface area contributed by atoms with Crippen molar-refractivity contribution >= 4 is 17.7 Å². The molecule has 2 N–H and O–H groups in total. The summed E-state index contributed by atoms with van der Waals surface area (Å²) in [4.78, 5) is 15.6. The van der Waals surface area contributed by atoms with Crippen molar-refractivity contribution in [1.29, 1.82) is 0 Å². The minimum atomic E-state index is 0.228. The Bertz CT molecular complexity index is 476. The first kappa shape index (κ1) is 15.4. The van der Waals surface area contributed by atoms with E-state index < -0.39 is 0 Å². The summed E-state index contributed by atoms with van der Waals surface area (Å²) in [7, 11) is 0. The first-order valence-electron chi connectivity index (χ1n) is 7.31. The number of carbonyl (C=O) groups excluding carboxylic acids is 1. The number of likely N-dealkylation sites (tertiary alicyclic amines) is 1. The highest BCUT2D eigenvalue weighted by molar-refractivity contribution is 8.00. The van der Waals surface area contributed by atoms with Crippen LogP contribution in [0.2, 0.25) is 0 Å². The number of nitrogens with two attached hydrogens (primary N) is 1. The molecule has 2 rings (SSSR count). The third-order valence-corrected chi connectivity index (χ3v) is 5.06. The van der Waals surface area contributed by atoms with E-state index in [4.69, 9.17) is 5.73 Å². The third kappa shape index (κ3) is 3.76. The van der Waals surface area contributed by atoms with Crippen molar-refractivity contribution in [1.82, 2.24) is 4.90 Å². The highest BCUT2D eigenvalue weighted by atomic mass is 32.2. The van der Waals surface area contributed by atoms with Gasteiger partial charge in [-0.15, -0.1) is 11.8 Å². The van der Waals surface area contributed by atoms with Gasteiger partial charge in [0, 0.05) is 24.0 Å². The molecule has 110 valence electrons. The predicted molar refractivity (Wildman–Crippen MR) is 85.0 cm³/mol. The second-order valence-corrected chi connectivity index (χ2v) is 6.55. The summed E-state index contributed by atoms with van der Waals surface area (Å²) in [6.07, 6.45) is 3.35. The molecule has 3 nitrogen and oxygen atoms in total. The molecule has 0 radical (unpaired) electrons. The summed E-state index contributed by atoms with van der Waals surface area (Å²) in [6.45, 7) is 5.63. The summed E-state index contributed by atoms with van der Waals surface area (Å²) in [5, 5.41) is 0. The Morgan fingerprint density at radius 3 is 2.95 bits per heavy atom. The number of aryl methyl sites for hydroxylation is 2. The second kappa shape index (κ2) is 7.14. The van der Waals surface area contributed by atoms with Crippen molar-refractivity contribution in [2.24, 2.45) is 5.73 Å². The van der Waals surface area contributed by atoms with E-state index in [2.05, 4.69) is 32.0 Å². The standard InChI is InChI=1S/C16H24N2OS/c1-12-6-7-13(2)15(9-12)20-11-16(19)18-8-4-3-5-14(18)10-17/h6-7,9,14H,3-5,8,10-11,17H2,1-2H3. The van der Waals surface area contributed by atoms with E-state index in [1.165, 1.54) is 22.4 Å². The molecule has 1 amide bonds. The van der Waals surface area contributed by atoms with E-state index in [-0.39, 0.29) is 11.9 Å². The lowest BCUT2D eigenvalue weighted by Crippen LogP contribution is -2.48. The first-order chi connectivity index (χ1) is 9.61. The van der Waals surface area contributed by atoms with Crippen LogP contribution in [0.15, 0.2) is 23.1 Å². The fourth-order valence-electron chi connectivity index (χ4n) is 2.66. The van der Waals surface area contributed by atoms with E-state index in [9.17, 15) is 4.79 Å². The van der Waals surface area contributed by atoms with E-state index in [0.29, 0.717) is 12.3 Å². The summed E-state index contributed by atoms with van der Waals surface area (Å²) < 4.78 is 0. The highest BCUT2D eigenvalue weighted by Crippen LogP contribution is 2.25. The van der Waals surface area contributed by atoms with Crippen molar-refractivity contribution in [2.45, 2.75) is 44.0 Å². The summed E-state index contributed by atoms with van der Waals surface area (Å²) in [5.74, 6) is 0.743. The Labute approximate surface area is 125 Å². The zero-order valence-electron chi connectivity index (χ0n) is 12.4. The molecule has 0 spiro atoms. The monoisotopic (exact) mass is 292 g/mol. The van der Waals surface area contributed by atoms with Gasteiger partial charge in [-0.1, -0.05) is 17.7 Å². The maximum absolute atomic E-state index is 12.4. The number of carbonyl (C=O) groups is 1. The SMILES string of the molecule is Cc1ccc(C)c(SCC(=O)N2CCCCC2CN)c1. The van der Waals surface area contributed by atoms with Crippen LogP contribution in [-0.4, -0.2) is 35.7 Å². The van der Waals surface area contributed by atoms with Crippen LogP contribution >= 0.6 is 11.8 Å². The Morgan fingerprint density at radius 2 is 2.20 bits per heavy atom. The second-order valence-electron chi connectivity index (χ2n) is 5.53. The van der Waals surface area contributed by atoms with Crippen molar-refractivity contribution in [3.8, 4) is 0 Å². The van der Waals surface area contributed by atoms with Crippen molar-refractivity contribution in [2.75, 3.05) is 18.8 Å². The zero-order valence-corrected chi connectivity index (χ0v) is 13.2. The maximum atomic E-state index is 12.4. The van der Waals surface area contributed by atoms with Crippen LogP contribution in [0.25, 0.3) is 0 Å². The zero-order chi connectivity index (χ0) is 14.5. The minimum Gasteiger partial charge on any atom is -0.338 e. The van der Waals surface area contributed by atoms with Gasteiger partial charge in [0.15, 0.2) is 0 Å². The molecule has 0 aromatic heterocycles. The van der Waals surface area contributed by atoms with Crippen LogP contribution in [-0.2, 0) is 4.79 Å². The highest BCUT2D eigenvalue weighted by Gasteiger charge is 2.25. The van der Waals surface area contributed by atoms with Gasteiger partial charge in [0.25, 0.3) is 0 Å². The molecule has 4 heteroatoms. The number of hydrogen-bond donors (Lipinski definition) is 1. The van der Waals surface area contributed by atoms with E-state index >= 15 is 0 Å². The molecular weight excluding hydrogens is 268 g/mol. The largest absolute Gasteiger partial charge is 0.338 e. The van der Waals surface area contributed by atoms with Gasteiger partial charge in [-0.3, -0.25) is 4.79 Å². The molecule has 1 saturated heterocycles. The molecule has 1 aliphatic heterocycles. The molecule has 1 atom stereocenters. The van der Waals surface area contributed by atoms with Gasteiger partial charge in [0.2, 0.25) is 5.91 Å². The average molecular weight is 292 g/mol. The van der Waals surface area contributed by atoms with Crippen molar-refractivity contribution < 1.29 is 4.79 Å². The van der Waals surface area contributed by atoms with E-state index in [0.717, 1.165) is 19.4 Å². The van der Waals surface area contributed by atoms with Crippen LogP contribution in [0.1, 0.15) is 30.4 Å². The number of piperidine rings is 1. The van der Waals surface area contributed by atoms with Crippen LogP contribution in [0.4, 0.5) is 0 Å². The Hall–Kier alpha value is -1.00. The molecule has 1 aromatic carbocycles. The van der Waals surface area contributed by atoms with Crippen molar-refractivity contribution in [3.63, 3.8) is 0 Å². The number of rotatable bonds is 4. The molecular formula is C16H24N2OS. The Kier molecular flexibility index (Phi) is 5.49. The Morgan fingerprint density at radius 1 is 1.40 bits per heavy atom. The molecule has 1 unspecified atom stereocenters. The fourth-order valence-corrected chi connectivity index (χ4v) is 3.67. The fraction of sp³-hybridized carbons (Fsp3) is 0.562. The van der Waals surface area contributed by atoms with Crippen LogP contribution < -0.4 is 5.73 Å². The van der Waals surface area contributed by atoms with Gasteiger partial charge >= 0.3 is 0 Å². The molecule has 0 aliphatic carbocycles. The summed E-state index contributed by atoms with van der Waals surface area (Å²) in [5.41, 5.74) is 8.26. The molecule has 1 aliphatic rings. The normalized spacial score (nSPS) is 19.1. The predicted octanol–water partition coefficient (Wildman–Crippen LogP) is 2.74. The lowest BCUT2D eigenvalue weighted by molar-refractivity contribution is -0.131. The number of amides is 1. The van der Waals surface area contributed by atoms with Gasteiger partial charge in [0.05, 0.1) is 5.75 Å². The van der Waals surface area contributed by atoms with Gasteiger partial charge in [0.1, 0.15) is 0 Å². The van der Waals surface area contributed by atoms with Gasteiger partial charge in [-0.05, 0) is 44.7 Å². The van der Waals surface area contributed by atoms with Crippen molar-refractivity contribution in [3.05, 3.63) is 29.3 Å². The van der Waals surface area contributed by atoms with Crippen LogP contribution in [0.5, 0.6) is 0 Å². The van der Waals surface area contributed by atoms with Gasteiger partial charge in [-0.2, -0.15) is 0 Å². The average Bonchev–Trinajstić information content (AvgIpc) is 2.47. The molecule has 1 aromatic rings. The minimum absolute atomic E-state index is 0.228. The number of thioether (sulfide) groups is 1. The molecule has 1 heterocycles. The van der Waals surface area contributed by atoms with E-state index in [1.54, 1.807) is 11.8 Å². The summed E-state index contributed by atoms with van der Waals surface area (Å²) >= 11 is 1.64. The quantitative estimate of drug-likeness (QED) is 0.868. The van der Waals surface area contributed by atoms with Gasteiger partial charge in [-0.25, -0.2) is 0 Å². The maximum Gasteiger partial charge on any atom is 0.233 e. The first-order valence-corrected chi connectivity index (χ1v) is 8.30. The number of nitrogens with zero attached hydrogens (tertiary/aromatic N) is 1. The van der Waals surface area contributed by atoms with Gasteiger partial charge < -0.3 is 10.6 Å².